The lowest BCUT2D eigenvalue weighted by Gasteiger charge is -2.33. The summed E-state index contributed by atoms with van der Waals surface area (Å²) in [4.78, 5) is 14.0. The van der Waals surface area contributed by atoms with Gasteiger partial charge in [-0.25, -0.2) is 17.2 Å². The van der Waals surface area contributed by atoms with E-state index in [1.54, 1.807) is 6.08 Å². The number of carbonyl (C=O) groups is 1. The first-order valence-corrected chi connectivity index (χ1v) is 10.2. The number of hydrogen-bond acceptors (Lipinski definition) is 4. The van der Waals surface area contributed by atoms with E-state index >= 15 is 0 Å². The number of rotatable bonds is 4. The molecule has 0 bridgehead atoms. The number of halogens is 2. The van der Waals surface area contributed by atoms with E-state index in [1.807, 2.05) is 17.5 Å². The zero-order valence-corrected chi connectivity index (χ0v) is 15.3. The number of thiophene rings is 1. The summed E-state index contributed by atoms with van der Waals surface area (Å²) < 4.78 is 53.2. The normalized spacial score (nSPS) is 16.3. The molecule has 0 radical (unpaired) electrons. The minimum Gasteiger partial charge on any atom is -0.337 e. The number of hydrogen-bond donors (Lipinski definition) is 0. The summed E-state index contributed by atoms with van der Waals surface area (Å²) in [5.74, 6) is -2.03. The van der Waals surface area contributed by atoms with E-state index in [2.05, 4.69) is 0 Å². The first-order chi connectivity index (χ1) is 12.4. The molecule has 0 spiro atoms. The van der Waals surface area contributed by atoms with Crippen molar-refractivity contribution in [3.63, 3.8) is 0 Å². The van der Waals surface area contributed by atoms with Gasteiger partial charge in [-0.15, -0.1) is 11.3 Å². The fraction of sp³-hybridized carbons (Fsp3) is 0.235. The van der Waals surface area contributed by atoms with Gasteiger partial charge < -0.3 is 4.90 Å². The van der Waals surface area contributed by atoms with Gasteiger partial charge in [0.2, 0.25) is 15.9 Å². The Kier molecular flexibility index (Phi) is 5.49. The molecule has 0 saturated carbocycles. The first kappa shape index (κ1) is 18.7. The van der Waals surface area contributed by atoms with Gasteiger partial charge in [0.25, 0.3) is 0 Å². The Morgan fingerprint density at radius 1 is 1.12 bits per heavy atom. The Balaban J connectivity index is 1.66. The third-order valence-electron chi connectivity index (χ3n) is 3.99. The van der Waals surface area contributed by atoms with Gasteiger partial charge in [-0.05, 0) is 35.7 Å². The van der Waals surface area contributed by atoms with Gasteiger partial charge in [-0.2, -0.15) is 4.31 Å². The van der Waals surface area contributed by atoms with Crippen LogP contribution in [0.1, 0.15) is 4.88 Å². The summed E-state index contributed by atoms with van der Waals surface area (Å²) in [5.41, 5.74) is 0. The fourth-order valence-corrected chi connectivity index (χ4v) is 4.72. The Bertz CT molecular complexity index is 919. The zero-order valence-electron chi connectivity index (χ0n) is 13.6. The van der Waals surface area contributed by atoms with Crippen LogP contribution in [0.2, 0.25) is 0 Å². The highest BCUT2D eigenvalue weighted by atomic mass is 32.2. The Morgan fingerprint density at radius 2 is 1.85 bits per heavy atom. The molecule has 1 saturated heterocycles. The molecule has 0 atom stereocenters. The number of sulfonamides is 1. The summed E-state index contributed by atoms with van der Waals surface area (Å²) in [6, 6.07) is 6.09. The van der Waals surface area contributed by atoms with Crippen LogP contribution in [-0.2, 0) is 14.8 Å². The fourth-order valence-electron chi connectivity index (χ4n) is 2.61. The quantitative estimate of drug-likeness (QED) is 0.744. The summed E-state index contributed by atoms with van der Waals surface area (Å²) in [7, 11) is -4.15. The van der Waals surface area contributed by atoms with E-state index in [0.717, 1.165) is 21.3 Å². The monoisotopic (exact) mass is 398 g/mol. The lowest BCUT2D eigenvalue weighted by atomic mass is 10.3. The van der Waals surface area contributed by atoms with Crippen molar-refractivity contribution >= 4 is 33.3 Å². The summed E-state index contributed by atoms with van der Waals surface area (Å²) in [6.45, 7) is 0.418. The van der Waals surface area contributed by atoms with E-state index in [-0.39, 0.29) is 32.1 Å². The van der Waals surface area contributed by atoms with Crippen LogP contribution in [0.15, 0.2) is 46.7 Å². The molecule has 5 nitrogen and oxygen atoms in total. The summed E-state index contributed by atoms with van der Waals surface area (Å²) in [5, 5.41) is 1.90. The molecule has 0 aliphatic carbocycles. The molecule has 1 aliphatic heterocycles. The molecule has 3 rings (SSSR count). The van der Waals surface area contributed by atoms with E-state index in [9.17, 15) is 22.0 Å². The second-order valence-electron chi connectivity index (χ2n) is 5.65. The topological polar surface area (TPSA) is 57.7 Å². The van der Waals surface area contributed by atoms with Crippen molar-refractivity contribution in [2.45, 2.75) is 4.90 Å². The largest absolute Gasteiger partial charge is 0.337 e. The van der Waals surface area contributed by atoms with Crippen LogP contribution in [0, 0.1) is 11.6 Å². The van der Waals surface area contributed by atoms with Crippen molar-refractivity contribution in [2.24, 2.45) is 0 Å². The van der Waals surface area contributed by atoms with Crippen LogP contribution in [0.4, 0.5) is 8.78 Å². The summed E-state index contributed by atoms with van der Waals surface area (Å²) in [6.07, 6.45) is 3.15. The average Bonchev–Trinajstić information content (AvgIpc) is 3.15. The highest BCUT2D eigenvalue weighted by Crippen LogP contribution is 2.22. The molecule has 2 heterocycles. The van der Waals surface area contributed by atoms with Gasteiger partial charge in [0.05, 0.1) is 0 Å². The standard InChI is InChI=1S/C17H16F2N2O3S2/c18-13-3-5-15(19)16(12-13)26(23,24)21-9-7-20(8-10-21)17(22)6-4-14-2-1-11-25-14/h1-6,11-12H,7-10H2/b6-4+. The van der Waals surface area contributed by atoms with E-state index in [1.165, 1.54) is 22.3 Å². The van der Waals surface area contributed by atoms with E-state index < -0.39 is 26.6 Å². The van der Waals surface area contributed by atoms with Gasteiger partial charge in [0.1, 0.15) is 16.5 Å². The van der Waals surface area contributed by atoms with Crippen LogP contribution in [0.5, 0.6) is 0 Å². The minimum absolute atomic E-state index is 0.0247. The smallest absolute Gasteiger partial charge is 0.246 e. The van der Waals surface area contributed by atoms with Gasteiger partial charge in [-0.1, -0.05) is 6.07 Å². The molecule has 9 heteroatoms. The average molecular weight is 398 g/mol. The van der Waals surface area contributed by atoms with Crippen LogP contribution < -0.4 is 0 Å². The van der Waals surface area contributed by atoms with Gasteiger partial charge in [0.15, 0.2) is 0 Å². The zero-order chi connectivity index (χ0) is 18.7. The van der Waals surface area contributed by atoms with Crippen molar-refractivity contribution in [2.75, 3.05) is 26.2 Å². The lowest BCUT2D eigenvalue weighted by molar-refractivity contribution is -0.127. The van der Waals surface area contributed by atoms with E-state index in [4.69, 9.17) is 0 Å². The first-order valence-electron chi connectivity index (χ1n) is 7.83. The molecular formula is C17H16F2N2O3S2. The lowest BCUT2D eigenvalue weighted by Crippen LogP contribution is -2.50. The number of piperazine rings is 1. The maximum atomic E-state index is 13.8. The number of amides is 1. The molecule has 1 aliphatic rings. The third kappa shape index (κ3) is 4.00. The van der Waals surface area contributed by atoms with Gasteiger partial charge in [0, 0.05) is 37.1 Å². The highest BCUT2D eigenvalue weighted by Gasteiger charge is 2.31. The Labute approximate surface area is 154 Å². The van der Waals surface area contributed by atoms with Crippen molar-refractivity contribution in [3.8, 4) is 0 Å². The number of carbonyl (C=O) groups excluding carboxylic acids is 1. The highest BCUT2D eigenvalue weighted by molar-refractivity contribution is 7.89. The molecule has 138 valence electrons. The predicted octanol–water partition coefficient (Wildman–Crippen LogP) is 2.57. The maximum absolute atomic E-state index is 13.8. The van der Waals surface area contributed by atoms with Gasteiger partial charge in [-0.3, -0.25) is 4.79 Å². The van der Waals surface area contributed by atoms with Gasteiger partial charge >= 0.3 is 0 Å². The molecular weight excluding hydrogens is 382 g/mol. The van der Waals surface area contributed by atoms with Crippen LogP contribution >= 0.6 is 11.3 Å². The number of benzene rings is 1. The molecule has 0 N–H and O–H groups in total. The summed E-state index contributed by atoms with van der Waals surface area (Å²) >= 11 is 1.50. The number of nitrogens with zero attached hydrogens (tertiary/aromatic N) is 2. The molecule has 1 aromatic carbocycles. The SMILES string of the molecule is O=C(/C=C/c1cccs1)N1CCN(S(=O)(=O)c2cc(F)ccc2F)CC1. The van der Waals surface area contributed by atoms with Crippen molar-refractivity contribution < 1.29 is 22.0 Å². The second kappa shape index (κ2) is 7.65. The van der Waals surface area contributed by atoms with Crippen LogP contribution in [-0.4, -0.2) is 49.7 Å². The van der Waals surface area contributed by atoms with Crippen LogP contribution in [0.3, 0.4) is 0 Å². The second-order valence-corrected chi connectivity index (χ2v) is 8.54. The minimum atomic E-state index is -4.15. The van der Waals surface area contributed by atoms with Crippen molar-refractivity contribution in [1.82, 2.24) is 9.21 Å². The molecule has 1 fully saturated rings. The molecule has 2 aromatic rings. The Morgan fingerprint density at radius 3 is 2.50 bits per heavy atom. The molecule has 0 unspecified atom stereocenters. The third-order valence-corrected chi connectivity index (χ3v) is 6.75. The molecule has 1 aromatic heterocycles. The predicted molar refractivity (Wildman–Crippen MR) is 95.0 cm³/mol. The Hall–Kier alpha value is -2.10. The maximum Gasteiger partial charge on any atom is 0.246 e. The van der Waals surface area contributed by atoms with Crippen molar-refractivity contribution in [3.05, 3.63) is 58.3 Å². The molecule has 1 amide bonds. The molecule has 26 heavy (non-hydrogen) atoms. The van der Waals surface area contributed by atoms with E-state index in [0.29, 0.717) is 6.07 Å². The van der Waals surface area contributed by atoms with Crippen molar-refractivity contribution in [1.29, 1.82) is 0 Å². The van der Waals surface area contributed by atoms with Crippen LogP contribution in [0.25, 0.3) is 6.08 Å².